The highest BCUT2D eigenvalue weighted by atomic mass is 31.2. The summed E-state index contributed by atoms with van der Waals surface area (Å²) in [5, 5.41) is 5.28. The number of ether oxygens (including phenoxy) is 2. The first-order valence-electron chi connectivity index (χ1n) is 23.8. The van der Waals surface area contributed by atoms with Gasteiger partial charge in [0, 0.05) is 44.0 Å². The topological polar surface area (TPSA) is 213 Å². The van der Waals surface area contributed by atoms with Crippen molar-refractivity contribution in [3.05, 3.63) is 251 Å². The van der Waals surface area contributed by atoms with Gasteiger partial charge in [-0.1, -0.05) is 170 Å². The summed E-state index contributed by atoms with van der Waals surface area (Å²) in [5.41, 5.74) is -3.17. The first-order chi connectivity index (χ1) is 36.8. The average Bonchev–Trinajstić information content (AvgIpc) is 3.51. The maximum absolute atomic E-state index is 14.8. The van der Waals surface area contributed by atoms with E-state index in [1.165, 1.54) is 121 Å². The van der Waals surface area contributed by atoms with Gasteiger partial charge >= 0.3 is 0 Å². The van der Waals surface area contributed by atoms with E-state index in [2.05, 4.69) is 10.6 Å². The number of carbonyl (C=O) groups excluding carboxylic acids is 8. The molecule has 0 unspecified atom stereocenters. The van der Waals surface area contributed by atoms with Gasteiger partial charge in [0.25, 0.3) is 0 Å². The van der Waals surface area contributed by atoms with Gasteiger partial charge in [-0.15, -0.1) is 0 Å². The van der Waals surface area contributed by atoms with Gasteiger partial charge in [-0.2, -0.15) is 0 Å². The Bertz CT molecular complexity index is 3360. The fraction of sp³-hybridized carbons (Fsp3) is 0.0667. The lowest BCUT2D eigenvalue weighted by Gasteiger charge is -2.23. The van der Waals surface area contributed by atoms with Crippen LogP contribution in [0.3, 0.4) is 0 Å². The van der Waals surface area contributed by atoms with E-state index in [9.17, 15) is 47.5 Å². The van der Waals surface area contributed by atoms with Gasteiger partial charge in [-0.25, -0.2) is 0 Å². The Balaban J connectivity index is 0.891. The molecule has 376 valence electrons. The van der Waals surface area contributed by atoms with Gasteiger partial charge in [-0.3, -0.25) is 38.4 Å². The smallest absolute Gasteiger partial charge is 0.248 e. The fourth-order valence-corrected chi connectivity index (χ4v) is 13.2. The zero-order valence-electron chi connectivity index (χ0n) is 40.3. The molecule has 2 amide bonds. The van der Waals surface area contributed by atoms with Crippen LogP contribution in [0.15, 0.2) is 206 Å². The van der Waals surface area contributed by atoms with E-state index >= 15 is 0 Å². The molecule has 16 heteroatoms. The molecule has 1 aliphatic rings. The zero-order valence-corrected chi connectivity index (χ0v) is 42.0. The Hall–Kier alpha value is -9.22. The first-order valence-corrected chi connectivity index (χ1v) is 27.2. The second kappa shape index (κ2) is 22.5. The Morgan fingerprint density at radius 1 is 0.368 bits per heavy atom. The molecule has 0 saturated heterocycles. The minimum Gasteiger partial charge on any atom is -0.493 e. The summed E-state index contributed by atoms with van der Waals surface area (Å²) in [5.74, 6) is -2.16. The summed E-state index contributed by atoms with van der Waals surface area (Å²) in [7, 11) is -8.97. The minimum absolute atomic E-state index is 0.00960. The van der Waals surface area contributed by atoms with Crippen LogP contribution in [-0.2, 0) is 18.7 Å². The van der Waals surface area contributed by atoms with Crippen molar-refractivity contribution < 1.29 is 57.0 Å². The molecule has 0 atom stereocenters. The van der Waals surface area contributed by atoms with Crippen LogP contribution >= 0.6 is 14.3 Å². The molecule has 14 nitrogen and oxygen atoms in total. The largest absolute Gasteiger partial charge is 0.493 e. The van der Waals surface area contributed by atoms with Gasteiger partial charge in [-0.05, 0) is 36.4 Å². The quantitative estimate of drug-likeness (QED) is 0.0682. The third kappa shape index (κ3) is 10.5. The van der Waals surface area contributed by atoms with Crippen molar-refractivity contribution in [3.63, 3.8) is 0 Å². The summed E-state index contributed by atoms with van der Waals surface area (Å²) >= 11 is 0. The molecule has 0 aromatic heterocycles. The number of fused-ring (bicyclic) bond motifs is 2. The Labute approximate surface area is 435 Å². The molecule has 9 rings (SSSR count). The lowest BCUT2D eigenvalue weighted by atomic mass is 9.82. The fourth-order valence-electron chi connectivity index (χ4n) is 8.62. The molecule has 76 heavy (non-hydrogen) atoms. The van der Waals surface area contributed by atoms with E-state index in [0.717, 1.165) is 0 Å². The molecule has 8 aromatic carbocycles. The zero-order chi connectivity index (χ0) is 53.4. The highest BCUT2D eigenvalue weighted by Gasteiger charge is 2.44. The van der Waals surface area contributed by atoms with E-state index in [4.69, 9.17) is 9.47 Å². The number of amides is 2. The summed E-state index contributed by atoms with van der Waals surface area (Å²) in [6.45, 7) is -0.484. The molecule has 0 radical (unpaired) electrons. The molecule has 2 N–H and O–H groups in total. The number of nitrogens with one attached hydrogen (secondary N) is 2. The third-order valence-corrected chi connectivity index (χ3v) is 17.7. The van der Waals surface area contributed by atoms with Crippen LogP contribution in [0.1, 0.15) is 86.1 Å². The second-order valence-electron chi connectivity index (χ2n) is 17.3. The van der Waals surface area contributed by atoms with Crippen molar-refractivity contribution in [2.24, 2.45) is 0 Å². The number of hydrogen-bond donors (Lipinski definition) is 2. The summed E-state index contributed by atoms with van der Waals surface area (Å²) in [6, 6.07) is 51.9. The molecule has 0 saturated carbocycles. The van der Waals surface area contributed by atoms with E-state index in [-0.39, 0.29) is 104 Å². The number of carbonyl (C=O) groups is 8. The van der Waals surface area contributed by atoms with Crippen LogP contribution in [0.25, 0.3) is 0 Å². The number of ketones is 2. The van der Waals surface area contributed by atoms with Crippen LogP contribution in [-0.4, -0.2) is 58.7 Å². The van der Waals surface area contributed by atoms with Crippen molar-refractivity contribution in [1.29, 1.82) is 0 Å². The monoisotopic (exact) mass is 1050 g/mol. The van der Waals surface area contributed by atoms with Gasteiger partial charge in [0.2, 0.25) is 48.2 Å². The lowest BCUT2D eigenvalue weighted by molar-refractivity contribution is -0.117. The minimum atomic E-state index is -4.48. The van der Waals surface area contributed by atoms with Crippen LogP contribution in [0.4, 0.5) is 11.4 Å². The molecule has 0 fully saturated rings. The highest BCUT2D eigenvalue weighted by Crippen LogP contribution is 2.52. The van der Waals surface area contributed by atoms with Gasteiger partial charge in [0.05, 0.1) is 48.6 Å². The third-order valence-electron chi connectivity index (χ3n) is 12.4. The standard InChI is InChI=1S/C60H44N2O12P2/c63-51(33-35-73-43-25-15-27-45(37-43)75(71,57(67)39-17-5-1-6-18-39)58(68)40-19-7-2-8-20-40)61-49-31-32-50(54-53(49)55(65)47-29-13-14-30-48(47)56(54)66)62-52(64)34-36-74-44-26-16-28-46(38-44)76(72,59(69)41-21-9-3-10-22-41)60(70)42-23-11-4-12-24-42/h1-32,37-38H,33-36H2,(H,61,63)(H,62,64). The molecule has 0 spiro atoms. The van der Waals surface area contributed by atoms with Gasteiger partial charge < -0.3 is 29.2 Å². The van der Waals surface area contributed by atoms with Crippen LogP contribution < -0.4 is 30.7 Å². The Morgan fingerprint density at radius 2 is 0.671 bits per heavy atom. The Kier molecular flexibility index (Phi) is 15.3. The number of hydrogen-bond acceptors (Lipinski definition) is 12. The molecular formula is C60H44N2O12P2. The van der Waals surface area contributed by atoms with Gasteiger partial charge in [0.15, 0.2) is 11.6 Å². The van der Waals surface area contributed by atoms with E-state index in [0.29, 0.717) is 0 Å². The van der Waals surface area contributed by atoms with Crippen molar-refractivity contribution in [2.45, 2.75) is 12.8 Å². The van der Waals surface area contributed by atoms with Crippen molar-refractivity contribution in [3.8, 4) is 11.5 Å². The molecule has 0 aliphatic heterocycles. The predicted octanol–water partition coefficient (Wildman–Crippen LogP) is 10.6. The molecule has 1 aliphatic carbocycles. The van der Waals surface area contributed by atoms with Gasteiger partial charge in [0.1, 0.15) is 11.5 Å². The predicted molar refractivity (Wildman–Crippen MR) is 288 cm³/mol. The van der Waals surface area contributed by atoms with Crippen LogP contribution in [0, 0.1) is 0 Å². The van der Waals surface area contributed by atoms with Crippen molar-refractivity contribution >= 4 is 81.7 Å². The van der Waals surface area contributed by atoms with E-state index in [1.54, 1.807) is 84.9 Å². The lowest BCUT2D eigenvalue weighted by Crippen LogP contribution is -2.27. The van der Waals surface area contributed by atoms with E-state index in [1.807, 2.05) is 0 Å². The van der Waals surface area contributed by atoms with Crippen LogP contribution in [0.2, 0.25) is 0 Å². The maximum atomic E-state index is 14.8. The maximum Gasteiger partial charge on any atom is 0.248 e. The van der Waals surface area contributed by atoms with E-state index < -0.39 is 59.8 Å². The first kappa shape index (κ1) is 51.7. The number of anilines is 2. The normalized spacial score (nSPS) is 11.8. The SMILES string of the molecule is O=C(CCOc1cccc(P(=O)(C(=O)c2ccccc2)C(=O)c2ccccc2)c1)Nc1ccc(NC(=O)CCOc2cccc(P(=O)(C(=O)c3ccccc3)C(=O)c3ccccc3)c2)c2c1C(=O)c1ccccc1C2=O. The molecule has 8 aromatic rings. The molecular weight excluding hydrogens is 1000 g/mol. The van der Waals surface area contributed by atoms with Crippen molar-refractivity contribution in [2.75, 3.05) is 23.8 Å². The molecule has 0 bridgehead atoms. The Morgan fingerprint density at radius 3 is 0.987 bits per heavy atom. The average molecular weight is 1050 g/mol. The summed E-state index contributed by atoms with van der Waals surface area (Å²) in [6.07, 6.45) is -0.570. The highest BCUT2D eigenvalue weighted by molar-refractivity contribution is 8.01. The van der Waals surface area contributed by atoms with Crippen molar-refractivity contribution in [1.82, 2.24) is 0 Å². The summed E-state index contributed by atoms with van der Waals surface area (Å²) < 4.78 is 41.4. The van der Waals surface area contributed by atoms with Crippen LogP contribution in [0.5, 0.6) is 11.5 Å². The number of benzene rings is 8. The summed E-state index contributed by atoms with van der Waals surface area (Å²) in [4.78, 5) is 111. The molecule has 0 heterocycles. The second-order valence-corrected chi connectivity index (χ2v) is 22.4. The number of rotatable bonds is 20.